The monoisotopic (exact) mass is 887 g/mol. The summed E-state index contributed by atoms with van der Waals surface area (Å²) in [6.45, 7) is 10.8. The molecule has 1 saturated carbocycles. The molecule has 8 nitrogen and oxygen atoms in total. The van der Waals surface area contributed by atoms with Crippen LogP contribution in [0.4, 0.5) is 4.79 Å². The molecule has 0 heterocycles. The van der Waals surface area contributed by atoms with Gasteiger partial charge < -0.3 is 24.3 Å². The molecule has 1 amide bonds. The molecule has 59 heavy (non-hydrogen) atoms. The van der Waals surface area contributed by atoms with Crippen molar-refractivity contribution < 1.29 is 33.4 Å². The van der Waals surface area contributed by atoms with Gasteiger partial charge in [0.15, 0.2) is 0 Å². The predicted octanol–water partition coefficient (Wildman–Crippen LogP) is 11.7. The minimum absolute atomic E-state index is 0.0107. The number of amides is 1. The Bertz CT molecular complexity index is 1680. The number of esters is 1. The Morgan fingerprint density at radius 3 is 1.75 bits per heavy atom. The highest BCUT2D eigenvalue weighted by molar-refractivity contribution is 8.00. The van der Waals surface area contributed by atoms with Crippen LogP contribution in [0.25, 0.3) is 0 Å². The smallest absolute Gasteiger partial charge is 0.462 e. The van der Waals surface area contributed by atoms with Gasteiger partial charge in [-0.1, -0.05) is 173 Å². The van der Waals surface area contributed by atoms with Gasteiger partial charge in [-0.05, 0) is 67.1 Å². The first-order valence-electron chi connectivity index (χ1n) is 20.6. The highest BCUT2D eigenvalue weighted by Crippen LogP contribution is 2.49. The molecule has 1 aliphatic carbocycles. The zero-order chi connectivity index (χ0) is 43.2. The second-order valence-electron chi connectivity index (χ2n) is 17.0. The molecule has 1 fully saturated rings. The zero-order valence-electron chi connectivity index (χ0n) is 35.1. The van der Waals surface area contributed by atoms with Crippen molar-refractivity contribution in [1.29, 1.82) is 0 Å². The number of ketones is 1. The van der Waals surface area contributed by atoms with Crippen molar-refractivity contribution in [3.05, 3.63) is 108 Å². The van der Waals surface area contributed by atoms with E-state index in [1.807, 2.05) is 82.3 Å². The number of hydrogen-bond donors (Lipinski definition) is 1. The average molecular weight is 889 g/mol. The Morgan fingerprint density at radius 2 is 1.29 bits per heavy atom. The van der Waals surface area contributed by atoms with Gasteiger partial charge in [-0.3, -0.25) is 9.59 Å². The van der Waals surface area contributed by atoms with E-state index >= 15 is 0 Å². The predicted molar refractivity (Wildman–Crippen MR) is 239 cm³/mol. The third kappa shape index (κ3) is 15.0. The Labute approximate surface area is 370 Å². The van der Waals surface area contributed by atoms with Crippen LogP contribution in [0.2, 0.25) is 0 Å². The first-order chi connectivity index (χ1) is 27.9. The summed E-state index contributed by atoms with van der Waals surface area (Å²) < 4.78 is 14.6. The first-order valence-corrected chi connectivity index (χ1v) is 22.7. The standard InChI is InChI=1S/C47H60Cl3NO7S/c1-32(29-41(45(4,5)6)58-43(54)35-18-16-17-19-35)28-40(57-44(55)56-31-46(48,49)50)34(3)42(53)51-39(27-26-33(2)52)30-59-47(36-20-10-7-11-21-36,37-22-12-8-13-23-37)38-24-14-9-15-25-38/h7-15,20-25,32,34-35,39-41H,16-19,26-31H2,1-6H3,(H,51,53)/t32-,34-,39+,40-,41?/m0/s1. The van der Waals surface area contributed by atoms with Gasteiger partial charge in [-0.15, -0.1) is 11.8 Å². The number of hydrogen-bond acceptors (Lipinski definition) is 8. The van der Waals surface area contributed by atoms with E-state index < -0.39 is 45.5 Å². The van der Waals surface area contributed by atoms with Crippen LogP contribution in [0.5, 0.6) is 0 Å². The Morgan fingerprint density at radius 1 is 0.780 bits per heavy atom. The molecule has 322 valence electrons. The number of benzene rings is 3. The van der Waals surface area contributed by atoms with Crippen molar-refractivity contribution in [1.82, 2.24) is 5.32 Å². The maximum atomic E-state index is 14.4. The Hall–Kier alpha value is -3.24. The van der Waals surface area contributed by atoms with Crippen LogP contribution in [-0.2, 0) is 33.3 Å². The highest BCUT2D eigenvalue weighted by atomic mass is 35.6. The molecule has 0 aromatic heterocycles. The molecule has 0 bridgehead atoms. The summed E-state index contributed by atoms with van der Waals surface area (Å²) in [5.41, 5.74) is 2.86. The van der Waals surface area contributed by atoms with Crippen LogP contribution in [-0.4, -0.2) is 58.2 Å². The number of carbonyl (C=O) groups is 4. The number of rotatable bonds is 20. The summed E-state index contributed by atoms with van der Waals surface area (Å²) in [5, 5.41) is 3.23. The largest absolute Gasteiger partial charge is 0.508 e. The van der Waals surface area contributed by atoms with Gasteiger partial charge >= 0.3 is 12.1 Å². The van der Waals surface area contributed by atoms with Gasteiger partial charge in [-0.25, -0.2) is 4.79 Å². The zero-order valence-corrected chi connectivity index (χ0v) is 38.2. The lowest BCUT2D eigenvalue weighted by Crippen LogP contribution is -2.45. The maximum Gasteiger partial charge on any atom is 0.508 e. The van der Waals surface area contributed by atoms with E-state index in [1.54, 1.807) is 25.6 Å². The second-order valence-corrected chi connectivity index (χ2v) is 20.7. The van der Waals surface area contributed by atoms with Gasteiger partial charge in [0, 0.05) is 18.2 Å². The second kappa shape index (κ2) is 22.6. The summed E-state index contributed by atoms with van der Waals surface area (Å²) >= 11 is 19.3. The van der Waals surface area contributed by atoms with E-state index in [0.717, 1.165) is 42.4 Å². The first kappa shape index (κ1) is 48.4. The summed E-state index contributed by atoms with van der Waals surface area (Å²) in [6, 6.07) is 30.4. The van der Waals surface area contributed by atoms with Gasteiger partial charge in [-0.2, -0.15) is 0 Å². The molecule has 1 aliphatic rings. The molecule has 12 heteroatoms. The molecule has 5 atom stereocenters. The minimum atomic E-state index is -1.86. The van der Waals surface area contributed by atoms with Crippen molar-refractivity contribution >= 4 is 70.4 Å². The summed E-state index contributed by atoms with van der Waals surface area (Å²) in [5.74, 6) is -1.14. The fraction of sp³-hybridized carbons (Fsp3) is 0.532. The molecule has 3 aromatic rings. The van der Waals surface area contributed by atoms with E-state index in [-0.39, 0.29) is 47.8 Å². The van der Waals surface area contributed by atoms with E-state index in [1.165, 1.54) is 0 Å². The number of thioether (sulfide) groups is 1. The van der Waals surface area contributed by atoms with Crippen molar-refractivity contribution in [2.45, 2.75) is 120 Å². The lowest BCUT2D eigenvalue weighted by molar-refractivity contribution is -0.161. The Balaban J connectivity index is 1.60. The van der Waals surface area contributed by atoms with Crippen LogP contribution in [0.3, 0.4) is 0 Å². The van der Waals surface area contributed by atoms with E-state index in [0.29, 0.717) is 18.6 Å². The molecule has 1 N–H and O–H groups in total. The minimum Gasteiger partial charge on any atom is -0.462 e. The molecule has 0 radical (unpaired) electrons. The quantitative estimate of drug-likeness (QED) is 0.0679. The third-order valence-electron chi connectivity index (χ3n) is 11.0. The molecule has 1 unspecified atom stereocenters. The van der Waals surface area contributed by atoms with E-state index in [4.69, 9.17) is 49.0 Å². The third-order valence-corrected chi connectivity index (χ3v) is 13.0. The van der Waals surface area contributed by atoms with Crippen LogP contribution in [0, 0.1) is 23.2 Å². The van der Waals surface area contributed by atoms with Gasteiger partial charge in [0.25, 0.3) is 0 Å². The topological polar surface area (TPSA) is 108 Å². The molecule has 0 aliphatic heterocycles. The normalized spacial score (nSPS) is 16.3. The highest BCUT2D eigenvalue weighted by Gasteiger charge is 2.39. The van der Waals surface area contributed by atoms with Crippen molar-refractivity contribution in [2.75, 3.05) is 12.4 Å². The van der Waals surface area contributed by atoms with Crippen LogP contribution < -0.4 is 5.32 Å². The Kier molecular flexibility index (Phi) is 18.5. The number of nitrogens with one attached hydrogen (secondary N) is 1. The summed E-state index contributed by atoms with van der Waals surface area (Å²) in [7, 11) is 0. The van der Waals surface area contributed by atoms with Crippen LogP contribution >= 0.6 is 46.6 Å². The molecule has 3 aromatic carbocycles. The molecule has 4 rings (SSSR count). The van der Waals surface area contributed by atoms with E-state index in [9.17, 15) is 19.2 Å². The van der Waals surface area contributed by atoms with Crippen LogP contribution in [0.15, 0.2) is 91.0 Å². The summed E-state index contributed by atoms with van der Waals surface area (Å²) in [4.78, 5) is 52.9. The number of alkyl halides is 3. The maximum absolute atomic E-state index is 14.4. The number of carbonyl (C=O) groups excluding carboxylic acids is 4. The van der Waals surface area contributed by atoms with Crippen molar-refractivity contribution in [2.24, 2.45) is 23.2 Å². The van der Waals surface area contributed by atoms with Gasteiger partial charge in [0.1, 0.15) is 24.6 Å². The van der Waals surface area contributed by atoms with Gasteiger partial charge in [0.05, 0.1) is 16.6 Å². The number of Topliss-reactive ketones (excluding diaryl/α,β-unsaturated/α-hetero) is 1. The lowest BCUT2D eigenvalue weighted by Gasteiger charge is -2.37. The number of halogens is 3. The molecule has 0 spiro atoms. The molecular formula is C47H60Cl3NO7S. The fourth-order valence-electron chi connectivity index (χ4n) is 7.56. The number of ether oxygens (including phenoxy) is 3. The van der Waals surface area contributed by atoms with Crippen molar-refractivity contribution in [3.8, 4) is 0 Å². The van der Waals surface area contributed by atoms with E-state index in [2.05, 4.69) is 41.7 Å². The molecular weight excluding hydrogens is 829 g/mol. The van der Waals surface area contributed by atoms with Gasteiger partial charge in [0.2, 0.25) is 9.70 Å². The summed E-state index contributed by atoms with van der Waals surface area (Å²) in [6.07, 6.45) is 2.70. The average Bonchev–Trinajstić information content (AvgIpc) is 3.75. The lowest BCUT2D eigenvalue weighted by atomic mass is 9.81. The van der Waals surface area contributed by atoms with Crippen LogP contribution in [0.1, 0.15) is 110 Å². The molecule has 0 saturated heterocycles. The SMILES string of the molecule is CC(=O)CC[C@H](CSC(c1ccccc1)(c1ccccc1)c1ccccc1)NC(=O)[C@@H](C)[C@H](C[C@H](C)CC(OC(=O)C1CCCC1)C(C)(C)C)OC(=O)OCC(Cl)(Cl)Cl. The fourth-order valence-corrected chi connectivity index (χ4v) is 9.33. The van der Waals surface area contributed by atoms with Crippen molar-refractivity contribution in [3.63, 3.8) is 0 Å².